The lowest BCUT2D eigenvalue weighted by molar-refractivity contribution is -0.142. The van der Waals surface area contributed by atoms with Crippen molar-refractivity contribution in [2.75, 3.05) is 6.54 Å². The van der Waals surface area contributed by atoms with E-state index in [0.717, 1.165) is 0 Å². The summed E-state index contributed by atoms with van der Waals surface area (Å²) in [5.41, 5.74) is 26.9. The number of nitrogens with zero attached hydrogens (tertiary/aromatic N) is 2. The van der Waals surface area contributed by atoms with E-state index in [1.807, 2.05) is 0 Å². The molecule has 18 nitrogen and oxygen atoms in total. The summed E-state index contributed by atoms with van der Waals surface area (Å²) < 4.78 is 0. The van der Waals surface area contributed by atoms with Crippen LogP contribution in [0.4, 0.5) is 0 Å². The van der Waals surface area contributed by atoms with Crippen molar-refractivity contribution in [2.24, 2.45) is 33.7 Å². The number of nitrogens with one attached hydrogen (secondary N) is 4. The van der Waals surface area contributed by atoms with Gasteiger partial charge >= 0.3 is 5.97 Å². The van der Waals surface area contributed by atoms with E-state index in [0.29, 0.717) is 5.69 Å². The van der Waals surface area contributed by atoms with E-state index in [-0.39, 0.29) is 44.6 Å². The first-order valence-corrected chi connectivity index (χ1v) is 11.8. The zero-order valence-electron chi connectivity index (χ0n) is 21.1. The highest BCUT2D eigenvalue weighted by molar-refractivity contribution is 5.95. The van der Waals surface area contributed by atoms with Crippen molar-refractivity contribution in [1.29, 1.82) is 0 Å². The number of hydrogen-bond donors (Lipinski definition) is 10. The number of imidazole rings is 1. The second kappa shape index (κ2) is 16.2. The van der Waals surface area contributed by atoms with Crippen LogP contribution in [0.1, 0.15) is 37.8 Å². The van der Waals surface area contributed by atoms with E-state index in [4.69, 9.17) is 28.7 Å². The Bertz CT molecular complexity index is 1040. The molecule has 1 rings (SSSR count). The molecule has 39 heavy (non-hydrogen) atoms. The predicted octanol–water partition coefficient (Wildman–Crippen LogP) is -4.99. The Morgan fingerprint density at radius 2 is 1.51 bits per heavy atom. The lowest BCUT2D eigenvalue weighted by Crippen LogP contribution is -2.57. The average Bonchev–Trinajstić information content (AvgIpc) is 3.35. The number of H-pyrrole nitrogens is 1. The van der Waals surface area contributed by atoms with E-state index >= 15 is 0 Å². The second-order valence-electron chi connectivity index (χ2n) is 8.53. The number of carbonyl (C=O) groups is 6. The molecule has 0 aromatic carbocycles. The highest BCUT2D eigenvalue weighted by Gasteiger charge is 2.31. The summed E-state index contributed by atoms with van der Waals surface area (Å²) in [6.07, 6.45) is 1.79. The van der Waals surface area contributed by atoms with Gasteiger partial charge in [-0.15, -0.1) is 0 Å². The smallest absolute Gasteiger partial charge is 0.326 e. The maximum atomic E-state index is 13.2. The standard InChI is InChI=1S/C21H35N11O7/c22-11(7-16(24)34)17(35)32-14(6-10-8-27-9-29-10)19(37)30-12(2-1-5-28-21(25)26)18(36)31-13(20(38)39)3-4-15(23)33/h8-9,11-14H,1-7,22H2,(H2,23,33)(H2,24,34)(H,27,29)(H,30,37)(H,31,36)(H,32,35)(H,38,39)(H4,25,26,28). The number of primary amides is 2. The minimum absolute atomic E-state index is 0.0254. The van der Waals surface area contributed by atoms with Crippen molar-refractivity contribution in [3.63, 3.8) is 0 Å². The van der Waals surface area contributed by atoms with Crippen LogP contribution in [0.25, 0.3) is 0 Å². The quantitative estimate of drug-likeness (QED) is 0.0466. The molecule has 4 unspecified atom stereocenters. The highest BCUT2D eigenvalue weighted by Crippen LogP contribution is 2.06. The summed E-state index contributed by atoms with van der Waals surface area (Å²) in [5.74, 6) is -5.73. The molecule has 1 aromatic heterocycles. The molecule has 216 valence electrons. The fourth-order valence-corrected chi connectivity index (χ4v) is 3.27. The molecule has 0 saturated carbocycles. The van der Waals surface area contributed by atoms with E-state index < -0.39 is 66.1 Å². The van der Waals surface area contributed by atoms with Gasteiger partial charge < -0.3 is 54.7 Å². The van der Waals surface area contributed by atoms with Gasteiger partial charge in [-0.25, -0.2) is 9.78 Å². The highest BCUT2D eigenvalue weighted by atomic mass is 16.4. The van der Waals surface area contributed by atoms with Crippen molar-refractivity contribution in [3.8, 4) is 0 Å². The number of hydrogen-bond acceptors (Lipinski definition) is 9. The van der Waals surface area contributed by atoms with E-state index in [1.54, 1.807) is 0 Å². The number of nitrogens with two attached hydrogens (primary N) is 5. The molecule has 0 fully saturated rings. The van der Waals surface area contributed by atoms with E-state index in [9.17, 15) is 33.9 Å². The first kappa shape index (κ1) is 32.3. The molecule has 0 aliphatic carbocycles. The van der Waals surface area contributed by atoms with Crippen LogP contribution < -0.4 is 44.6 Å². The Kier molecular flexibility index (Phi) is 13.4. The molecule has 0 aliphatic heterocycles. The third-order valence-electron chi connectivity index (χ3n) is 5.24. The van der Waals surface area contributed by atoms with Crippen molar-refractivity contribution in [1.82, 2.24) is 25.9 Å². The molecule has 4 atom stereocenters. The molecule has 15 N–H and O–H groups in total. The molecule has 0 aliphatic rings. The zero-order chi connectivity index (χ0) is 29.5. The van der Waals surface area contributed by atoms with Crippen molar-refractivity contribution in [2.45, 2.75) is 62.7 Å². The molecule has 0 radical (unpaired) electrons. The van der Waals surface area contributed by atoms with Gasteiger partial charge in [0.2, 0.25) is 29.5 Å². The van der Waals surface area contributed by atoms with Crippen molar-refractivity contribution < 1.29 is 33.9 Å². The van der Waals surface area contributed by atoms with Gasteiger partial charge in [0.15, 0.2) is 5.96 Å². The predicted molar refractivity (Wildman–Crippen MR) is 136 cm³/mol. The van der Waals surface area contributed by atoms with Crippen LogP contribution in [-0.2, 0) is 35.2 Å². The van der Waals surface area contributed by atoms with Gasteiger partial charge in [-0.1, -0.05) is 0 Å². The van der Waals surface area contributed by atoms with Crippen LogP contribution in [0.15, 0.2) is 17.5 Å². The summed E-state index contributed by atoms with van der Waals surface area (Å²) >= 11 is 0. The van der Waals surface area contributed by atoms with Crippen molar-refractivity contribution in [3.05, 3.63) is 18.2 Å². The minimum Gasteiger partial charge on any atom is -0.480 e. The lowest BCUT2D eigenvalue weighted by Gasteiger charge is -2.25. The maximum absolute atomic E-state index is 13.2. The number of guanidine groups is 1. The molecule has 0 bridgehead atoms. The molecule has 18 heteroatoms. The summed E-state index contributed by atoms with van der Waals surface area (Å²) in [6, 6.07) is -5.37. The van der Waals surface area contributed by atoms with Gasteiger partial charge in [0.05, 0.1) is 18.8 Å². The number of carboxylic acid groups (broad SMARTS) is 1. The van der Waals surface area contributed by atoms with Crippen LogP contribution >= 0.6 is 0 Å². The third kappa shape index (κ3) is 12.9. The van der Waals surface area contributed by atoms with Crippen LogP contribution in [0.5, 0.6) is 0 Å². The summed E-state index contributed by atoms with van der Waals surface area (Å²) in [5, 5.41) is 16.6. The van der Waals surface area contributed by atoms with Crippen molar-refractivity contribution >= 4 is 41.5 Å². The van der Waals surface area contributed by atoms with Crippen LogP contribution in [0.3, 0.4) is 0 Å². The largest absolute Gasteiger partial charge is 0.480 e. The normalized spacial score (nSPS) is 13.7. The number of amides is 5. The number of aromatic amines is 1. The first-order valence-electron chi connectivity index (χ1n) is 11.8. The van der Waals surface area contributed by atoms with Gasteiger partial charge in [-0.05, 0) is 19.3 Å². The third-order valence-corrected chi connectivity index (χ3v) is 5.24. The zero-order valence-corrected chi connectivity index (χ0v) is 21.1. The SMILES string of the molecule is NC(=O)CCC(NC(=O)C(CCCN=C(N)N)NC(=O)C(Cc1cnc[nH]1)NC(=O)C(N)CC(N)=O)C(=O)O. The summed E-state index contributed by atoms with van der Waals surface area (Å²) in [4.78, 5) is 82.9. The number of aromatic nitrogens is 2. The Balaban J connectivity index is 3.11. The topological polar surface area (TPSA) is 330 Å². The second-order valence-corrected chi connectivity index (χ2v) is 8.53. The van der Waals surface area contributed by atoms with E-state index in [2.05, 4.69) is 30.9 Å². The lowest BCUT2D eigenvalue weighted by atomic mass is 10.1. The monoisotopic (exact) mass is 553 g/mol. The molecule has 1 heterocycles. The number of carbonyl (C=O) groups excluding carboxylic acids is 5. The van der Waals surface area contributed by atoms with Gasteiger partial charge in [-0.2, -0.15) is 0 Å². The number of aliphatic imine (C=N–C) groups is 1. The molecule has 1 aromatic rings. The Hall–Kier alpha value is -4.74. The Morgan fingerprint density at radius 1 is 0.897 bits per heavy atom. The number of rotatable bonds is 18. The molecule has 0 saturated heterocycles. The van der Waals surface area contributed by atoms with Crippen LogP contribution in [0.2, 0.25) is 0 Å². The Labute approximate surface area is 222 Å². The fourth-order valence-electron chi connectivity index (χ4n) is 3.27. The average molecular weight is 554 g/mol. The van der Waals surface area contributed by atoms with Gasteiger partial charge in [0.25, 0.3) is 0 Å². The fraction of sp³-hybridized carbons (Fsp3) is 0.524. The molecular weight excluding hydrogens is 518 g/mol. The number of carboxylic acids is 1. The Morgan fingerprint density at radius 3 is 2.05 bits per heavy atom. The van der Waals surface area contributed by atoms with Gasteiger partial charge in [0.1, 0.15) is 18.1 Å². The molecule has 0 spiro atoms. The summed E-state index contributed by atoms with van der Waals surface area (Å²) in [7, 11) is 0. The first-order chi connectivity index (χ1) is 18.3. The number of aliphatic carboxylic acids is 1. The molecular formula is C21H35N11O7. The minimum atomic E-state index is -1.46. The summed E-state index contributed by atoms with van der Waals surface area (Å²) in [6.45, 7) is 0.0995. The van der Waals surface area contributed by atoms with Gasteiger partial charge in [-0.3, -0.25) is 29.0 Å². The van der Waals surface area contributed by atoms with Crippen LogP contribution in [0, 0.1) is 0 Å². The molecule has 5 amide bonds. The van der Waals surface area contributed by atoms with Gasteiger partial charge in [0, 0.05) is 31.3 Å². The van der Waals surface area contributed by atoms with E-state index in [1.165, 1.54) is 12.5 Å². The maximum Gasteiger partial charge on any atom is 0.326 e. The van der Waals surface area contributed by atoms with Crippen LogP contribution in [-0.4, -0.2) is 87.3 Å².